The first-order valence-corrected chi connectivity index (χ1v) is 4.91. The summed E-state index contributed by atoms with van der Waals surface area (Å²) in [5.41, 5.74) is 6.32. The minimum atomic E-state index is -0.701. The summed E-state index contributed by atoms with van der Waals surface area (Å²) in [7, 11) is 0. The first kappa shape index (κ1) is 7.78. The van der Waals surface area contributed by atoms with Crippen LogP contribution in [0.25, 0.3) is 0 Å². The molecule has 0 aliphatic heterocycles. The number of hydrogen-bond donors (Lipinski definition) is 1. The van der Waals surface area contributed by atoms with E-state index in [0.29, 0.717) is 0 Å². The molecule has 0 aromatic carbocycles. The van der Waals surface area contributed by atoms with E-state index in [4.69, 9.17) is 11.0 Å². The Bertz CT molecular complexity index is 337. The van der Waals surface area contributed by atoms with Crippen LogP contribution in [0.5, 0.6) is 0 Å². The van der Waals surface area contributed by atoms with Crippen molar-refractivity contribution in [2.75, 3.05) is 0 Å². The summed E-state index contributed by atoms with van der Waals surface area (Å²) < 4.78 is 0. The number of thiophene rings is 1. The molecule has 1 aliphatic carbocycles. The van der Waals surface area contributed by atoms with Crippen molar-refractivity contribution in [1.29, 1.82) is 5.26 Å². The molecule has 0 saturated carbocycles. The third kappa shape index (κ3) is 0.961. The lowest BCUT2D eigenvalue weighted by atomic mass is 9.82. The van der Waals surface area contributed by atoms with Crippen molar-refractivity contribution in [3.05, 3.63) is 21.9 Å². The van der Waals surface area contributed by atoms with Crippen molar-refractivity contribution in [3.8, 4) is 6.07 Å². The maximum Gasteiger partial charge on any atom is 0.130 e. The number of fused-ring (bicyclic) bond motifs is 1. The van der Waals surface area contributed by atoms with Crippen LogP contribution in [0.1, 0.15) is 23.3 Å². The van der Waals surface area contributed by atoms with Gasteiger partial charge in [-0.05, 0) is 30.7 Å². The van der Waals surface area contributed by atoms with Crippen LogP contribution in [0.4, 0.5) is 0 Å². The van der Waals surface area contributed by atoms with Gasteiger partial charge in [-0.1, -0.05) is 0 Å². The highest BCUT2D eigenvalue weighted by Gasteiger charge is 2.33. The molecule has 0 bridgehead atoms. The zero-order chi connectivity index (χ0) is 8.60. The van der Waals surface area contributed by atoms with E-state index in [2.05, 4.69) is 6.07 Å². The second-order valence-corrected chi connectivity index (χ2v) is 4.19. The maximum absolute atomic E-state index is 8.95. The van der Waals surface area contributed by atoms with E-state index < -0.39 is 5.54 Å². The molecule has 1 aromatic heterocycles. The van der Waals surface area contributed by atoms with Gasteiger partial charge in [-0.3, -0.25) is 0 Å². The van der Waals surface area contributed by atoms with Crippen molar-refractivity contribution >= 4 is 11.3 Å². The van der Waals surface area contributed by atoms with Gasteiger partial charge < -0.3 is 5.73 Å². The standard InChI is InChI=1S/C9H10N2S/c10-6-9(11)4-1-2-8-7(9)3-5-12-8/h3,5H,1-2,4,11H2. The molecule has 0 amide bonds. The molecule has 1 aromatic rings. The minimum absolute atomic E-state index is 0.701. The molecule has 3 heteroatoms. The van der Waals surface area contributed by atoms with Crippen LogP contribution in [0, 0.1) is 11.3 Å². The number of hydrogen-bond acceptors (Lipinski definition) is 3. The Balaban J connectivity index is 2.53. The van der Waals surface area contributed by atoms with Gasteiger partial charge in [-0.25, -0.2) is 0 Å². The van der Waals surface area contributed by atoms with E-state index in [1.54, 1.807) is 11.3 Å². The Morgan fingerprint density at radius 1 is 1.67 bits per heavy atom. The summed E-state index contributed by atoms with van der Waals surface area (Å²) in [5.74, 6) is 0. The quantitative estimate of drug-likeness (QED) is 0.658. The Labute approximate surface area is 75.6 Å². The fraction of sp³-hybridized carbons (Fsp3) is 0.444. The minimum Gasteiger partial charge on any atom is -0.310 e. The molecule has 0 radical (unpaired) electrons. The van der Waals surface area contributed by atoms with E-state index >= 15 is 0 Å². The van der Waals surface area contributed by atoms with Crippen LogP contribution >= 0.6 is 11.3 Å². The van der Waals surface area contributed by atoms with Crippen LogP contribution in [0.2, 0.25) is 0 Å². The normalized spacial score (nSPS) is 27.7. The van der Waals surface area contributed by atoms with Gasteiger partial charge >= 0.3 is 0 Å². The lowest BCUT2D eigenvalue weighted by molar-refractivity contribution is 0.475. The Kier molecular flexibility index (Phi) is 1.67. The molecule has 12 heavy (non-hydrogen) atoms. The highest BCUT2D eigenvalue weighted by atomic mass is 32.1. The molecule has 0 fully saturated rings. The third-order valence-corrected chi connectivity index (χ3v) is 3.38. The van der Waals surface area contributed by atoms with E-state index in [9.17, 15) is 0 Å². The number of nitrogens with two attached hydrogens (primary N) is 1. The predicted molar refractivity (Wildman–Crippen MR) is 48.7 cm³/mol. The van der Waals surface area contributed by atoms with E-state index in [-0.39, 0.29) is 0 Å². The SMILES string of the molecule is N#CC1(N)CCCc2sccc21. The van der Waals surface area contributed by atoms with Gasteiger partial charge in [0.15, 0.2) is 0 Å². The molecule has 2 nitrogen and oxygen atoms in total. The summed E-state index contributed by atoms with van der Waals surface area (Å²) in [5, 5.41) is 11.0. The summed E-state index contributed by atoms with van der Waals surface area (Å²) >= 11 is 1.71. The summed E-state index contributed by atoms with van der Waals surface area (Å²) in [6, 6.07) is 4.20. The van der Waals surface area contributed by atoms with Gasteiger partial charge in [-0.15, -0.1) is 11.3 Å². The summed E-state index contributed by atoms with van der Waals surface area (Å²) in [4.78, 5) is 1.30. The van der Waals surface area contributed by atoms with Crippen LogP contribution in [-0.2, 0) is 12.0 Å². The predicted octanol–water partition coefficient (Wildman–Crippen LogP) is 1.76. The number of nitrogens with zero attached hydrogens (tertiary/aromatic N) is 1. The molecular formula is C9H10N2S. The third-order valence-electron chi connectivity index (χ3n) is 2.40. The fourth-order valence-electron chi connectivity index (χ4n) is 1.71. The van der Waals surface area contributed by atoms with Crippen LogP contribution in [0.3, 0.4) is 0 Å². The van der Waals surface area contributed by atoms with Crippen molar-refractivity contribution < 1.29 is 0 Å². The Morgan fingerprint density at radius 3 is 3.25 bits per heavy atom. The van der Waals surface area contributed by atoms with E-state index in [1.165, 1.54) is 4.88 Å². The van der Waals surface area contributed by atoms with E-state index in [0.717, 1.165) is 24.8 Å². The number of aryl methyl sites for hydroxylation is 1. The second-order valence-electron chi connectivity index (χ2n) is 3.19. The van der Waals surface area contributed by atoms with Gasteiger partial charge in [0.05, 0.1) is 6.07 Å². The Hall–Kier alpha value is -0.850. The van der Waals surface area contributed by atoms with Gasteiger partial charge in [0, 0.05) is 10.4 Å². The fourth-order valence-corrected chi connectivity index (χ4v) is 2.72. The van der Waals surface area contributed by atoms with Gasteiger partial charge in [0.1, 0.15) is 5.54 Å². The van der Waals surface area contributed by atoms with Gasteiger partial charge in [0.25, 0.3) is 0 Å². The van der Waals surface area contributed by atoms with Crippen molar-refractivity contribution in [3.63, 3.8) is 0 Å². The van der Waals surface area contributed by atoms with E-state index in [1.807, 2.05) is 11.4 Å². The Morgan fingerprint density at radius 2 is 2.50 bits per heavy atom. The zero-order valence-corrected chi connectivity index (χ0v) is 7.53. The number of nitriles is 1. The largest absolute Gasteiger partial charge is 0.310 e. The zero-order valence-electron chi connectivity index (χ0n) is 6.71. The molecule has 1 atom stereocenters. The van der Waals surface area contributed by atoms with Crippen LogP contribution in [0.15, 0.2) is 11.4 Å². The summed E-state index contributed by atoms with van der Waals surface area (Å²) in [6.07, 6.45) is 2.93. The smallest absolute Gasteiger partial charge is 0.130 e. The van der Waals surface area contributed by atoms with Crippen LogP contribution < -0.4 is 5.73 Å². The monoisotopic (exact) mass is 178 g/mol. The topological polar surface area (TPSA) is 49.8 Å². The number of rotatable bonds is 0. The average molecular weight is 178 g/mol. The highest BCUT2D eigenvalue weighted by molar-refractivity contribution is 7.10. The van der Waals surface area contributed by atoms with Crippen molar-refractivity contribution in [1.82, 2.24) is 0 Å². The first-order chi connectivity index (χ1) is 5.76. The molecule has 1 unspecified atom stereocenters. The van der Waals surface area contributed by atoms with Gasteiger partial charge in [0.2, 0.25) is 0 Å². The average Bonchev–Trinajstić information content (AvgIpc) is 2.54. The molecule has 1 aliphatic rings. The highest BCUT2D eigenvalue weighted by Crippen LogP contribution is 2.35. The first-order valence-electron chi connectivity index (χ1n) is 4.03. The summed E-state index contributed by atoms with van der Waals surface area (Å²) in [6.45, 7) is 0. The van der Waals surface area contributed by atoms with Gasteiger partial charge in [-0.2, -0.15) is 5.26 Å². The van der Waals surface area contributed by atoms with Crippen LogP contribution in [-0.4, -0.2) is 0 Å². The molecule has 2 rings (SSSR count). The maximum atomic E-state index is 8.95. The lowest BCUT2D eigenvalue weighted by Gasteiger charge is -2.26. The molecular weight excluding hydrogens is 168 g/mol. The molecule has 0 saturated heterocycles. The van der Waals surface area contributed by atoms with Crippen molar-refractivity contribution in [2.24, 2.45) is 5.73 Å². The second kappa shape index (κ2) is 2.58. The van der Waals surface area contributed by atoms with Crippen molar-refractivity contribution in [2.45, 2.75) is 24.8 Å². The molecule has 2 N–H and O–H groups in total. The molecule has 1 heterocycles. The lowest BCUT2D eigenvalue weighted by Crippen LogP contribution is -2.37. The molecule has 0 spiro atoms. The molecule has 62 valence electrons.